The van der Waals surface area contributed by atoms with Crippen LogP contribution in [0, 0.1) is 22.7 Å². The van der Waals surface area contributed by atoms with Crippen LogP contribution in [0.5, 0.6) is 0 Å². The molecule has 7 nitrogen and oxygen atoms in total. The van der Waals surface area contributed by atoms with Crippen molar-refractivity contribution in [2.75, 3.05) is 13.1 Å². The molecule has 1 aliphatic heterocycles. The van der Waals surface area contributed by atoms with Crippen molar-refractivity contribution in [2.24, 2.45) is 0 Å². The van der Waals surface area contributed by atoms with Crippen LogP contribution in [-0.2, 0) is 10.2 Å². The van der Waals surface area contributed by atoms with Crippen LogP contribution >= 0.6 is 0 Å². The second-order valence-electron chi connectivity index (χ2n) is 7.27. The van der Waals surface area contributed by atoms with Crippen molar-refractivity contribution in [1.29, 1.82) is 10.5 Å². The van der Waals surface area contributed by atoms with Crippen LogP contribution in [0.2, 0.25) is 0 Å². The van der Waals surface area contributed by atoms with Gasteiger partial charge in [-0.05, 0) is 35.9 Å². The molecule has 0 bridgehead atoms. The molecule has 0 spiro atoms. The minimum absolute atomic E-state index is 0.00399. The number of nitrogens with one attached hydrogen (secondary N) is 1. The van der Waals surface area contributed by atoms with Crippen LogP contribution in [0.15, 0.2) is 30.3 Å². The fourth-order valence-corrected chi connectivity index (χ4v) is 3.53. The zero-order valence-electron chi connectivity index (χ0n) is 15.0. The number of aliphatic carboxylic acids is 1. The molecule has 3 rings (SSSR count). The first-order chi connectivity index (χ1) is 12.8. The first kappa shape index (κ1) is 18.2. The van der Waals surface area contributed by atoms with Gasteiger partial charge in [0.25, 0.3) is 5.91 Å². The maximum absolute atomic E-state index is 13.0. The molecule has 2 heterocycles. The predicted octanol–water partition coefficient (Wildman–Crippen LogP) is 2.36. The van der Waals surface area contributed by atoms with Gasteiger partial charge in [-0.3, -0.25) is 9.59 Å². The van der Waals surface area contributed by atoms with Crippen molar-refractivity contribution in [2.45, 2.75) is 25.2 Å². The van der Waals surface area contributed by atoms with Crippen molar-refractivity contribution in [3.05, 3.63) is 58.4 Å². The monoisotopic (exact) mass is 362 g/mol. The Morgan fingerprint density at radius 1 is 1.22 bits per heavy atom. The number of amides is 1. The lowest BCUT2D eigenvalue weighted by Crippen LogP contribution is -2.41. The minimum Gasteiger partial charge on any atom is -0.481 e. The SMILES string of the molecule is CC1(C)CN(C(=O)c2ccc(C#N)cc2)CC(C(=O)O)c2[nH]c(C#N)cc21. The lowest BCUT2D eigenvalue weighted by Gasteiger charge is -2.30. The Kier molecular flexibility index (Phi) is 4.47. The highest BCUT2D eigenvalue weighted by atomic mass is 16.4. The maximum Gasteiger partial charge on any atom is 0.314 e. The summed E-state index contributed by atoms with van der Waals surface area (Å²) in [7, 11) is 0. The van der Waals surface area contributed by atoms with E-state index in [1.54, 1.807) is 30.3 Å². The van der Waals surface area contributed by atoms with E-state index in [9.17, 15) is 14.7 Å². The number of carbonyl (C=O) groups is 2. The molecule has 136 valence electrons. The molecule has 0 saturated heterocycles. The lowest BCUT2D eigenvalue weighted by atomic mass is 9.83. The van der Waals surface area contributed by atoms with Gasteiger partial charge in [-0.15, -0.1) is 0 Å². The van der Waals surface area contributed by atoms with E-state index >= 15 is 0 Å². The van der Waals surface area contributed by atoms with Gasteiger partial charge in [0.2, 0.25) is 0 Å². The highest BCUT2D eigenvalue weighted by molar-refractivity contribution is 5.95. The fraction of sp³-hybridized carbons (Fsp3) is 0.300. The number of benzene rings is 1. The summed E-state index contributed by atoms with van der Waals surface area (Å²) in [6, 6.07) is 12.0. The second kappa shape index (κ2) is 6.62. The number of carbonyl (C=O) groups excluding carboxylic acids is 1. The molecule has 0 saturated carbocycles. The third-order valence-corrected chi connectivity index (χ3v) is 4.88. The number of rotatable bonds is 2. The van der Waals surface area contributed by atoms with E-state index in [4.69, 9.17) is 10.5 Å². The summed E-state index contributed by atoms with van der Waals surface area (Å²) in [5.41, 5.74) is 1.84. The predicted molar refractivity (Wildman–Crippen MR) is 96.0 cm³/mol. The van der Waals surface area contributed by atoms with Crippen molar-refractivity contribution in [3.63, 3.8) is 0 Å². The molecular formula is C20H18N4O3. The molecule has 7 heteroatoms. The van der Waals surface area contributed by atoms with Gasteiger partial charge in [-0.25, -0.2) is 0 Å². The number of hydrogen-bond donors (Lipinski definition) is 2. The first-order valence-corrected chi connectivity index (χ1v) is 8.42. The summed E-state index contributed by atoms with van der Waals surface area (Å²) in [6.07, 6.45) is 0. The highest BCUT2D eigenvalue weighted by Crippen LogP contribution is 2.36. The molecule has 0 fully saturated rings. The van der Waals surface area contributed by atoms with Crippen LogP contribution in [0.1, 0.15) is 52.6 Å². The van der Waals surface area contributed by atoms with E-state index in [0.29, 0.717) is 29.1 Å². The molecule has 1 aromatic carbocycles. The van der Waals surface area contributed by atoms with Crippen LogP contribution in [0.4, 0.5) is 0 Å². The third-order valence-electron chi connectivity index (χ3n) is 4.88. The van der Waals surface area contributed by atoms with Crippen molar-refractivity contribution in [1.82, 2.24) is 9.88 Å². The average Bonchev–Trinajstić information content (AvgIpc) is 3.05. The number of carboxylic acids is 1. The van der Waals surface area contributed by atoms with Gasteiger partial charge in [0.1, 0.15) is 17.7 Å². The summed E-state index contributed by atoms with van der Waals surface area (Å²) in [6.45, 7) is 4.15. The van der Waals surface area contributed by atoms with Crippen LogP contribution in [-0.4, -0.2) is 40.0 Å². The Morgan fingerprint density at radius 2 is 1.89 bits per heavy atom. The third kappa shape index (κ3) is 3.28. The van der Waals surface area contributed by atoms with Crippen molar-refractivity contribution < 1.29 is 14.7 Å². The number of aromatic nitrogens is 1. The molecule has 1 atom stereocenters. The maximum atomic E-state index is 13.0. The highest BCUT2D eigenvalue weighted by Gasteiger charge is 2.40. The lowest BCUT2D eigenvalue weighted by molar-refractivity contribution is -0.139. The van der Waals surface area contributed by atoms with E-state index in [2.05, 4.69) is 4.98 Å². The molecule has 27 heavy (non-hydrogen) atoms. The van der Waals surface area contributed by atoms with E-state index in [1.807, 2.05) is 26.0 Å². The van der Waals surface area contributed by atoms with E-state index in [1.165, 1.54) is 4.90 Å². The molecule has 1 unspecified atom stereocenters. The number of hydrogen-bond acceptors (Lipinski definition) is 4. The molecular weight excluding hydrogens is 344 g/mol. The van der Waals surface area contributed by atoms with Gasteiger partial charge >= 0.3 is 5.97 Å². The van der Waals surface area contributed by atoms with Crippen LogP contribution in [0.25, 0.3) is 0 Å². The number of fused-ring (bicyclic) bond motifs is 1. The number of nitrogens with zero attached hydrogens (tertiary/aromatic N) is 3. The summed E-state index contributed by atoms with van der Waals surface area (Å²) in [5, 5.41) is 27.8. The Hall–Kier alpha value is -3.58. The van der Waals surface area contributed by atoms with Gasteiger partial charge < -0.3 is 15.0 Å². The zero-order valence-corrected chi connectivity index (χ0v) is 15.0. The zero-order chi connectivity index (χ0) is 19.8. The molecule has 0 aliphatic carbocycles. The fourth-order valence-electron chi connectivity index (χ4n) is 3.53. The molecule has 1 aliphatic rings. The number of H-pyrrole nitrogens is 1. The number of nitriles is 2. The van der Waals surface area contributed by atoms with Gasteiger partial charge in [0, 0.05) is 29.8 Å². The van der Waals surface area contributed by atoms with E-state index < -0.39 is 17.3 Å². The molecule has 1 amide bonds. The molecule has 0 radical (unpaired) electrons. The summed E-state index contributed by atoms with van der Waals surface area (Å²) in [5.74, 6) is -2.30. The summed E-state index contributed by atoms with van der Waals surface area (Å²) in [4.78, 5) is 29.3. The first-order valence-electron chi connectivity index (χ1n) is 8.42. The second-order valence-corrected chi connectivity index (χ2v) is 7.27. The van der Waals surface area contributed by atoms with Gasteiger partial charge in [-0.2, -0.15) is 10.5 Å². The quantitative estimate of drug-likeness (QED) is 0.849. The van der Waals surface area contributed by atoms with E-state index in [-0.39, 0.29) is 12.5 Å². The Balaban J connectivity index is 2.01. The van der Waals surface area contributed by atoms with Crippen LogP contribution in [0.3, 0.4) is 0 Å². The Morgan fingerprint density at radius 3 is 2.44 bits per heavy atom. The summed E-state index contributed by atoms with van der Waals surface area (Å²) < 4.78 is 0. The van der Waals surface area contributed by atoms with Crippen molar-refractivity contribution >= 4 is 11.9 Å². The molecule has 1 aromatic heterocycles. The number of aromatic amines is 1. The molecule has 2 aromatic rings. The standard InChI is InChI=1S/C20H18N4O3/c1-20(2)11-24(18(25)13-5-3-12(8-21)4-6-13)10-15(19(26)27)17-16(20)7-14(9-22)23-17/h3-7,15,23H,10-11H2,1-2H3,(H,26,27). The van der Waals surface area contributed by atoms with Crippen molar-refractivity contribution in [3.8, 4) is 12.1 Å². The molecule has 2 N–H and O–H groups in total. The van der Waals surface area contributed by atoms with Gasteiger partial charge in [-0.1, -0.05) is 13.8 Å². The Labute approximate surface area is 156 Å². The smallest absolute Gasteiger partial charge is 0.314 e. The average molecular weight is 362 g/mol. The minimum atomic E-state index is -1.06. The topological polar surface area (TPSA) is 121 Å². The normalized spacial score (nSPS) is 17.9. The van der Waals surface area contributed by atoms with Crippen LogP contribution < -0.4 is 0 Å². The Bertz CT molecular complexity index is 990. The number of carboxylic acid groups (broad SMARTS) is 1. The largest absolute Gasteiger partial charge is 0.481 e. The summed E-state index contributed by atoms with van der Waals surface area (Å²) >= 11 is 0. The van der Waals surface area contributed by atoms with E-state index in [0.717, 1.165) is 5.56 Å². The van der Waals surface area contributed by atoms with Gasteiger partial charge in [0.05, 0.1) is 11.6 Å². The van der Waals surface area contributed by atoms with Gasteiger partial charge in [0.15, 0.2) is 0 Å².